The molecule has 0 heterocycles. The molecule has 0 saturated carbocycles. The van der Waals surface area contributed by atoms with Gasteiger partial charge in [0.15, 0.2) is 0 Å². The molecule has 0 bridgehead atoms. The molecule has 3 aromatic rings. The van der Waals surface area contributed by atoms with E-state index >= 15 is 0 Å². The zero-order chi connectivity index (χ0) is 19.4. The van der Waals surface area contributed by atoms with Crippen molar-refractivity contribution >= 4 is 43.5 Å². The third-order valence-corrected chi connectivity index (χ3v) is 5.78. The van der Waals surface area contributed by atoms with Crippen LogP contribution in [0.25, 0.3) is 0 Å². The lowest BCUT2D eigenvalue weighted by Crippen LogP contribution is -2.13. The Bertz CT molecular complexity index is 1050. The molecule has 0 aromatic heterocycles. The van der Waals surface area contributed by atoms with Gasteiger partial charge in [-0.2, -0.15) is 0 Å². The van der Waals surface area contributed by atoms with Crippen molar-refractivity contribution in [3.8, 4) is 0 Å². The third-order valence-electron chi connectivity index (χ3n) is 3.85. The van der Waals surface area contributed by atoms with Gasteiger partial charge in [-0.25, -0.2) is 8.42 Å². The average Bonchev–Trinajstić information content (AvgIpc) is 2.60. The number of aliphatic imine (C=N–C) groups is 1. The minimum Gasteiger partial charge on any atom is -0.280 e. The maximum Gasteiger partial charge on any atom is 0.261 e. The number of hydrogen-bond donors (Lipinski definition) is 1. The molecule has 0 fully saturated rings. The SMILES string of the molecule is Cc1cc(C)cc(NS(=O)(=O)c2ccc(N=Cc3ccc(Br)cc3)cc2)c1. The maximum atomic E-state index is 12.6. The van der Waals surface area contributed by atoms with Crippen molar-refractivity contribution in [2.24, 2.45) is 4.99 Å². The summed E-state index contributed by atoms with van der Waals surface area (Å²) in [5.41, 5.74) is 4.22. The van der Waals surface area contributed by atoms with Crippen LogP contribution in [0.5, 0.6) is 0 Å². The van der Waals surface area contributed by atoms with E-state index < -0.39 is 10.0 Å². The molecule has 0 saturated heterocycles. The first-order valence-corrected chi connectivity index (χ1v) is 10.6. The van der Waals surface area contributed by atoms with Crippen molar-refractivity contribution in [1.82, 2.24) is 0 Å². The van der Waals surface area contributed by atoms with Crippen molar-refractivity contribution in [2.75, 3.05) is 4.72 Å². The van der Waals surface area contributed by atoms with E-state index in [0.29, 0.717) is 11.4 Å². The second kappa shape index (κ2) is 8.06. The Labute approximate surface area is 168 Å². The summed E-state index contributed by atoms with van der Waals surface area (Å²) in [4.78, 5) is 4.58. The molecule has 3 aromatic carbocycles. The molecule has 1 N–H and O–H groups in total. The van der Waals surface area contributed by atoms with Gasteiger partial charge in [-0.05, 0) is 79.1 Å². The smallest absolute Gasteiger partial charge is 0.261 e. The van der Waals surface area contributed by atoms with Gasteiger partial charge >= 0.3 is 0 Å². The average molecular weight is 443 g/mol. The van der Waals surface area contributed by atoms with Crippen LogP contribution in [-0.4, -0.2) is 14.6 Å². The number of hydrogen-bond acceptors (Lipinski definition) is 3. The predicted octanol–water partition coefficient (Wildman–Crippen LogP) is 5.62. The molecular formula is C21H19BrN2O2S. The van der Waals surface area contributed by atoms with Crippen LogP contribution in [0.3, 0.4) is 0 Å². The first kappa shape index (κ1) is 19.3. The fourth-order valence-electron chi connectivity index (χ4n) is 2.66. The fourth-order valence-corrected chi connectivity index (χ4v) is 3.96. The highest BCUT2D eigenvalue weighted by atomic mass is 79.9. The van der Waals surface area contributed by atoms with Gasteiger partial charge in [0, 0.05) is 16.4 Å². The Hall–Kier alpha value is -2.44. The molecule has 0 aliphatic carbocycles. The normalized spacial score (nSPS) is 11.7. The summed E-state index contributed by atoms with van der Waals surface area (Å²) in [6.45, 7) is 3.87. The molecule has 138 valence electrons. The van der Waals surface area contributed by atoms with E-state index in [0.717, 1.165) is 21.2 Å². The Balaban J connectivity index is 1.76. The van der Waals surface area contributed by atoms with Crippen molar-refractivity contribution in [2.45, 2.75) is 18.7 Å². The highest BCUT2D eigenvalue weighted by molar-refractivity contribution is 9.10. The minimum atomic E-state index is -3.64. The van der Waals surface area contributed by atoms with Gasteiger partial charge in [0.05, 0.1) is 10.6 Å². The molecule has 0 radical (unpaired) electrons. The quantitative estimate of drug-likeness (QED) is 0.521. The Morgan fingerprint density at radius 3 is 2.07 bits per heavy atom. The number of aryl methyl sites for hydroxylation is 2. The second-order valence-electron chi connectivity index (χ2n) is 6.29. The molecule has 27 heavy (non-hydrogen) atoms. The first-order chi connectivity index (χ1) is 12.8. The molecular weight excluding hydrogens is 424 g/mol. The highest BCUT2D eigenvalue weighted by Crippen LogP contribution is 2.21. The monoisotopic (exact) mass is 442 g/mol. The lowest BCUT2D eigenvalue weighted by Gasteiger charge is -2.10. The number of benzene rings is 3. The van der Waals surface area contributed by atoms with E-state index in [2.05, 4.69) is 25.6 Å². The first-order valence-electron chi connectivity index (χ1n) is 8.33. The van der Waals surface area contributed by atoms with Crippen LogP contribution < -0.4 is 4.72 Å². The van der Waals surface area contributed by atoms with E-state index in [4.69, 9.17) is 0 Å². The number of sulfonamides is 1. The van der Waals surface area contributed by atoms with E-state index in [-0.39, 0.29) is 4.90 Å². The van der Waals surface area contributed by atoms with Crippen molar-refractivity contribution in [3.63, 3.8) is 0 Å². The van der Waals surface area contributed by atoms with E-state index in [1.807, 2.05) is 44.2 Å². The topological polar surface area (TPSA) is 58.5 Å². The standard InChI is InChI=1S/C21H19BrN2O2S/c1-15-11-16(2)13-20(12-15)24-27(25,26)21-9-7-19(8-10-21)23-14-17-3-5-18(22)6-4-17/h3-14,24H,1-2H3. The highest BCUT2D eigenvalue weighted by Gasteiger charge is 2.14. The van der Waals surface area contributed by atoms with E-state index in [1.54, 1.807) is 42.6 Å². The van der Waals surface area contributed by atoms with Crippen LogP contribution in [0.4, 0.5) is 11.4 Å². The van der Waals surface area contributed by atoms with Crippen molar-refractivity contribution in [3.05, 3.63) is 87.9 Å². The summed E-state index contributed by atoms with van der Waals surface area (Å²) in [6, 6.07) is 19.9. The van der Waals surface area contributed by atoms with Gasteiger partial charge in [0.2, 0.25) is 0 Å². The summed E-state index contributed by atoms with van der Waals surface area (Å²) < 4.78 is 28.8. The van der Waals surface area contributed by atoms with Crippen molar-refractivity contribution in [1.29, 1.82) is 0 Å². The van der Waals surface area contributed by atoms with Crippen LogP contribution in [0.2, 0.25) is 0 Å². The zero-order valence-corrected chi connectivity index (χ0v) is 17.4. The summed E-state index contributed by atoms with van der Waals surface area (Å²) in [5, 5.41) is 0. The summed E-state index contributed by atoms with van der Waals surface area (Å²) in [5.74, 6) is 0. The van der Waals surface area contributed by atoms with Gasteiger partial charge in [-0.15, -0.1) is 0 Å². The molecule has 3 rings (SSSR count). The van der Waals surface area contributed by atoms with Gasteiger partial charge < -0.3 is 0 Å². The summed E-state index contributed by atoms with van der Waals surface area (Å²) in [6.07, 6.45) is 1.74. The molecule has 4 nitrogen and oxygen atoms in total. The van der Waals surface area contributed by atoms with Gasteiger partial charge in [0.25, 0.3) is 10.0 Å². The van der Waals surface area contributed by atoms with Crippen molar-refractivity contribution < 1.29 is 8.42 Å². The summed E-state index contributed by atoms with van der Waals surface area (Å²) in [7, 11) is -3.64. The van der Waals surface area contributed by atoms with Gasteiger partial charge in [0.1, 0.15) is 0 Å². The van der Waals surface area contributed by atoms with E-state index in [1.165, 1.54) is 0 Å². The fraction of sp³-hybridized carbons (Fsp3) is 0.0952. The van der Waals surface area contributed by atoms with Crippen LogP contribution in [0, 0.1) is 13.8 Å². The zero-order valence-electron chi connectivity index (χ0n) is 15.0. The van der Waals surface area contributed by atoms with Gasteiger partial charge in [-0.1, -0.05) is 34.1 Å². The molecule has 0 atom stereocenters. The Morgan fingerprint density at radius 2 is 1.48 bits per heavy atom. The molecule has 0 unspecified atom stereocenters. The van der Waals surface area contributed by atoms with Gasteiger partial charge in [-0.3, -0.25) is 9.71 Å². The molecule has 0 aliphatic heterocycles. The molecule has 0 amide bonds. The molecule has 0 spiro atoms. The van der Waals surface area contributed by atoms with Crippen LogP contribution >= 0.6 is 15.9 Å². The third kappa shape index (κ3) is 5.28. The minimum absolute atomic E-state index is 0.198. The van der Waals surface area contributed by atoms with E-state index in [9.17, 15) is 8.42 Å². The largest absolute Gasteiger partial charge is 0.280 e. The van der Waals surface area contributed by atoms with Crippen LogP contribution in [0.15, 0.2) is 81.1 Å². The Kier molecular flexibility index (Phi) is 5.77. The predicted molar refractivity (Wildman–Crippen MR) is 115 cm³/mol. The molecule has 0 aliphatic rings. The summed E-state index contributed by atoms with van der Waals surface area (Å²) >= 11 is 3.39. The molecule has 6 heteroatoms. The second-order valence-corrected chi connectivity index (χ2v) is 8.88. The number of halogens is 1. The number of rotatable bonds is 5. The number of nitrogens with one attached hydrogen (secondary N) is 1. The Morgan fingerprint density at radius 1 is 0.889 bits per heavy atom. The number of anilines is 1. The lowest BCUT2D eigenvalue weighted by molar-refractivity contribution is 0.601. The maximum absolute atomic E-state index is 12.6. The lowest BCUT2D eigenvalue weighted by atomic mass is 10.1. The number of nitrogens with zero attached hydrogens (tertiary/aromatic N) is 1. The van der Waals surface area contributed by atoms with Crippen LogP contribution in [-0.2, 0) is 10.0 Å². The van der Waals surface area contributed by atoms with Crippen LogP contribution in [0.1, 0.15) is 16.7 Å².